The first kappa shape index (κ1) is 32.8. The second-order valence-electron chi connectivity index (χ2n) is 10.4. The van der Waals surface area contributed by atoms with Crippen LogP contribution >= 0.6 is 12.9 Å². The summed E-state index contributed by atoms with van der Waals surface area (Å²) in [5.41, 5.74) is 2.76. The number of anilines is 1. The van der Waals surface area contributed by atoms with Gasteiger partial charge in [0.2, 0.25) is 0 Å². The molecule has 5 rings (SSSR count). The van der Waals surface area contributed by atoms with Crippen LogP contribution in [0.5, 0.6) is 0 Å². The Morgan fingerprint density at radius 3 is 2.47 bits per heavy atom. The highest BCUT2D eigenvalue weighted by molar-refractivity contribution is 7.86. The summed E-state index contributed by atoms with van der Waals surface area (Å²) in [5.74, 6) is -1.68. The lowest BCUT2D eigenvalue weighted by molar-refractivity contribution is -0.480. The number of rotatable bonds is 11. The number of aromatic carboxylic acids is 1. The van der Waals surface area contributed by atoms with Crippen LogP contribution in [0.25, 0.3) is 33.4 Å². The van der Waals surface area contributed by atoms with E-state index < -0.39 is 43.1 Å². The van der Waals surface area contributed by atoms with E-state index in [4.69, 9.17) is 9.30 Å². The van der Waals surface area contributed by atoms with E-state index in [1.165, 1.54) is 0 Å². The second kappa shape index (κ2) is 12.7. The molecule has 0 amide bonds. The molecule has 17 heteroatoms. The minimum absolute atomic E-state index is 0.00549. The number of carboxylic acids is 1. The molecule has 1 saturated heterocycles. The van der Waals surface area contributed by atoms with Crippen molar-refractivity contribution in [3.63, 3.8) is 0 Å². The molecule has 0 aromatic heterocycles. The molecule has 2 heterocycles. The summed E-state index contributed by atoms with van der Waals surface area (Å²) in [5, 5.41) is 15.5. The first-order valence-electron chi connectivity index (χ1n) is 13.4. The number of fused-ring (bicyclic) bond motifs is 2. The first-order chi connectivity index (χ1) is 21.2. The van der Waals surface area contributed by atoms with Gasteiger partial charge in [0, 0.05) is 72.5 Å². The van der Waals surface area contributed by atoms with Crippen LogP contribution in [0.4, 0.5) is 5.69 Å². The summed E-state index contributed by atoms with van der Waals surface area (Å²) in [6.45, 7) is 4.18. The molecule has 1 atom stereocenters. The molecule has 45 heavy (non-hydrogen) atoms. The third-order valence-corrected chi connectivity index (χ3v) is 9.10. The standard InChI is InChI=1S/C28H28N2O12S3/c1-15-10-20-24(13-22(15)29-7-3-9-44(33,34)35)39-25-14-23(30-8-6-26(30)40-41-42-43)16(2)11-21(25)27(20)19-12-17(45(36,37)38)4-5-18(19)28(31)32/h4-5,10-14,26,43H,3,6-9H2,1-2H3,(H,31,32)(H,33,34,35)(H,36,37,38)/p-2. The van der Waals surface area contributed by atoms with Gasteiger partial charge >= 0.3 is 5.97 Å². The van der Waals surface area contributed by atoms with E-state index in [2.05, 4.69) is 27.3 Å². The van der Waals surface area contributed by atoms with Gasteiger partial charge in [-0.25, -0.2) is 21.6 Å². The number of nitrogens with zero attached hydrogens (tertiary/aromatic N) is 2. The number of thiol groups is 1. The third kappa shape index (κ3) is 7.00. The van der Waals surface area contributed by atoms with Crippen LogP contribution in [0.1, 0.15) is 34.3 Å². The predicted molar refractivity (Wildman–Crippen MR) is 160 cm³/mol. The lowest BCUT2D eigenvalue weighted by atomic mass is 9.89. The molecule has 0 spiro atoms. The lowest BCUT2D eigenvalue weighted by Crippen LogP contribution is -2.49. The van der Waals surface area contributed by atoms with Gasteiger partial charge in [-0.1, -0.05) is 5.04 Å². The molecule has 0 saturated carbocycles. The predicted octanol–water partition coefficient (Wildman–Crippen LogP) is 3.52. The van der Waals surface area contributed by atoms with Crippen molar-refractivity contribution in [1.29, 1.82) is 0 Å². The van der Waals surface area contributed by atoms with Gasteiger partial charge in [-0.2, -0.15) is 4.89 Å². The zero-order valence-corrected chi connectivity index (χ0v) is 26.3. The average molecular weight is 679 g/mol. The molecule has 3 aliphatic rings. The van der Waals surface area contributed by atoms with Gasteiger partial charge < -0.3 is 23.5 Å². The molecular weight excluding hydrogens is 653 g/mol. The minimum atomic E-state index is -4.95. The Kier molecular flexibility index (Phi) is 9.25. The molecule has 0 radical (unpaired) electrons. The fourth-order valence-corrected chi connectivity index (χ4v) is 6.28. The number of aryl methyl sites for hydroxylation is 2. The van der Waals surface area contributed by atoms with E-state index in [0.29, 0.717) is 46.1 Å². The second-order valence-corrected chi connectivity index (χ2v) is 13.4. The molecule has 240 valence electrons. The molecule has 2 aliphatic heterocycles. The number of carboxylic acid groups (broad SMARTS) is 1. The van der Waals surface area contributed by atoms with Gasteiger partial charge in [0.05, 0.1) is 25.9 Å². The molecule has 2 aromatic rings. The number of hydrogen-bond acceptors (Lipinski definition) is 14. The summed E-state index contributed by atoms with van der Waals surface area (Å²) < 4.78 is 79.6. The number of carbonyl (C=O) groups is 1. The van der Waals surface area contributed by atoms with Crippen molar-refractivity contribution in [3.05, 3.63) is 64.5 Å². The topological polar surface area (TPSA) is 208 Å². The van der Waals surface area contributed by atoms with E-state index >= 15 is 0 Å². The lowest BCUT2D eigenvalue weighted by Gasteiger charge is -2.41. The zero-order valence-electron chi connectivity index (χ0n) is 23.8. The highest BCUT2D eigenvalue weighted by atomic mass is 32.2. The molecular formula is C28H26N2O12S3-2. The van der Waals surface area contributed by atoms with Crippen molar-refractivity contribution in [2.75, 3.05) is 23.7 Å². The average Bonchev–Trinajstić information content (AvgIpc) is 2.93. The van der Waals surface area contributed by atoms with Crippen molar-refractivity contribution in [2.24, 2.45) is 4.99 Å². The van der Waals surface area contributed by atoms with Crippen LogP contribution in [0.15, 0.2) is 56.8 Å². The van der Waals surface area contributed by atoms with E-state index in [-0.39, 0.29) is 35.4 Å². The fourth-order valence-electron chi connectivity index (χ4n) is 5.26. The van der Waals surface area contributed by atoms with Crippen molar-refractivity contribution >= 4 is 55.8 Å². The van der Waals surface area contributed by atoms with Crippen molar-refractivity contribution < 1.29 is 54.5 Å². The number of hydrogen-bond donors (Lipinski definition) is 2. The zero-order chi connectivity index (χ0) is 32.7. The summed E-state index contributed by atoms with van der Waals surface area (Å²) in [6, 6.07) is 9.79. The van der Waals surface area contributed by atoms with Gasteiger partial charge in [0.15, 0.2) is 6.23 Å². The van der Waals surface area contributed by atoms with Crippen LogP contribution in [0.2, 0.25) is 0 Å². The fraction of sp³-hybridized carbons (Fsp3) is 0.286. The van der Waals surface area contributed by atoms with E-state index in [9.17, 15) is 35.8 Å². The van der Waals surface area contributed by atoms with Gasteiger partial charge in [-0.05, 0) is 67.3 Å². The minimum Gasteiger partial charge on any atom is -0.748 e. The molecule has 0 bridgehead atoms. The molecule has 14 nitrogen and oxygen atoms in total. The van der Waals surface area contributed by atoms with E-state index in [1.807, 2.05) is 11.8 Å². The highest BCUT2D eigenvalue weighted by Crippen LogP contribution is 2.44. The van der Waals surface area contributed by atoms with Crippen LogP contribution < -0.4 is 10.3 Å². The van der Waals surface area contributed by atoms with E-state index in [1.54, 1.807) is 31.2 Å². The summed E-state index contributed by atoms with van der Waals surface area (Å²) in [4.78, 5) is 23.2. The number of benzene rings is 3. The molecule has 1 unspecified atom stereocenters. The quantitative estimate of drug-likeness (QED) is 0.0443. The van der Waals surface area contributed by atoms with Crippen molar-refractivity contribution in [1.82, 2.24) is 0 Å². The van der Waals surface area contributed by atoms with Gasteiger partial charge in [0.1, 0.15) is 21.5 Å². The SMILES string of the molecule is Cc1cc2c(-c3cc(S(=O)(=O)[O-])ccc3C(=O)O)c3cc(C)c(=NCCCS(=O)(=O)[O-])cc-3oc2cc1N1CCC1OOOS. The normalized spacial score (nSPS) is 16.0. The van der Waals surface area contributed by atoms with Crippen LogP contribution in [0, 0.1) is 13.8 Å². The Morgan fingerprint density at radius 1 is 1.09 bits per heavy atom. The largest absolute Gasteiger partial charge is 0.748 e. The molecule has 1 aliphatic carbocycles. The van der Waals surface area contributed by atoms with Crippen LogP contribution in [0.3, 0.4) is 0 Å². The molecule has 2 aromatic carbocycles. The van der Waals surface area contributed by atoms with Gasteiger partial charge in [0.25, 0.3) is 0 Å². The highest BCUT2D eigenvalue weighted by Gasteiger charge is 2.33. The van der Waals surface area contributed by atoms with E-state index in [0.717, 1.165) is 23.8 Å². The summed E-state index contributed by atoms with van der Waals surface area (Å²) in [6.07, 6.45) is 0.119. The Hall–Kier alpha value is -3.55. The van der Waals surface area contributed by atoms with Crippen LogP contribution in [-0.4, -0.2) is 62.1 Å². The maximum absolute atomic E-state index is 12.4. The maximum Gasteiger partial charge on any atom is 0.336 e. The van der Waals surface area contributed by atoms with Crippen molar-refractivity contribution in [2.45, 2.75) is 37.8 Å². The smallest absolute Gasteiger partial charge is 0.336 e. The monoisotopic (exact) mass is 678 g/mol. The molecule has 1 N–H and O–H groups in total. The van der Waals surface area contributed by atoms with Gasteiger partial charge in [-0.15, -0.1) is 4.33 Å². The Bertz CT molecular complexity index is 2060. The molecule has 1 fully saturated rings. The maximum atomic E-state index is 12.4. The van der Waals surface area contributed by atoms with Gasteiger partial charge in [-0.3, -0.25) is 4.99 Å². The summed E-state index contributed by atoms with van der Waals surface area (Å²) >= 11 is 3.50. The van der Waals surface area contributed by atoms with Crippen LogP contribution in [-0.2, 0) is 34.5 Å². The summed E-state index contributed by atoms with van der Waals surface area (Å²) in [7, 11) is -9.35. The van der Waals surface area contributed by atoms with Crippen molar-refractivity contribution in [3.8, 4) is 22.5 Å². The third-order valence-electron chi connectivity index (χ3n) is 7.42. The first-order valence-corrected chi connectivity index (χ1v) is 16.7. The Labute approximate surface area is 263 Å². The Morgan fingerprint density at radius 2 is 1.84 bits per heavy atom. The Balaban J connectivity index is 1.79.